The van der Waals surface area contributed by atoms with E-state index >= 15 is 0 Å². The van der Waals surface area contributed by atoms with Gasteiger partial charge in [-0.1, -0.05) is 26.0 Å². The zero-order valence-electron chi connectivity index (χ0n) is 13.8. The van der Waals surface area contributed by atoms with Crippen LogP contribution in [-0.2, 0) is 11.3 Å². The first kappa shape index (κ1) is 17.8. The van der Waals surface area contributed by atoms with Crippen molar-refractivity contribution in [2.75, 3.05) is 26.4 Å². The van der Waals surface area contributed by atoms with Gasteiger partial charge >= 0.3 is 0 Å². The third kappa shape index (κ3) is 6.82. The molecule has 0 radical (unpaired) electrons. The Balaban J connectivity index is 2.69. The molecule has 0 aliphatic carbocycles. The van der Waals surface area contributed by atoms with Gasteiger partial charge in [-0.2, -0.15) is 0 Å². The van der Waals surface area contributed by atoms with Crippen molar-refractivity contribution in [3.8, 4) is 11.5 Å². The predicted octanol–water partition coefficient (Wildman–Crippen LogP) is 3.39. The third-order valence-corrected chi connectivity index (χ3v) is 2.94. The number of ether oxygens (including phenoxy) is 3. The van der Waals surface area contributed by atoms with Crippen LogP contribution in [0.25, 0.3) is 0 Å². The fraction of sp³-hybridized carbons (Fsp3) is 0.647. The van der Waals surface area contributed by atoms with Gasteiger partial charge in [0.05, 0.1) is 13.2 Å². The van der Waals surface area contributed by atoms with E-state index in [1.807, 2.05) is 26.0 Å². The van der Waals surface area contributed by atoms with Gasteiger partial charge in [0.25, 0.3) is 0 Å². The Morgan fingerprint density at radius 1 is 1.05 bits per heavy atom. The summed E-state index contributed by atoms with van der Waals surface area (Å²) in [4.78, 5) is 0. The summed E-state index contributed by atoms with van der Waals surface area (Å²) in [5, 5.41) is 3.42. The molecule has 4 heteroatoms. The quantitative estimate of drug-likeness (QED) is 0.635. The second-order valence-corrected chi connectivity index (χ2v) is 5.11. The minimum Gasteiger partial charge on any atom is -0.490 e. The largest absolute Gasteiger partial charge is 0.490 e. The molecule has 0 heterocycles. The molecule has 1 rings (SSSR count). The van der Waals surface area contributed by atoms with Crippen molar-refractivity contribution < 1.29 is 14.2 Å². The Labute approximate surface area is 128 Å². The van der Waals surface area contributed by atoms with E-state index in [9.17, 15) is 0 Å². The zero-order valence-corrected chi connectivity index (χ0v) is 13.8. The summed E-state index contributed by atoms with van der Waals surface area (Å²) in [7, 11) is 0. The van der Waals surface area contributed by atoms with Gasteiger partial charge < -0.3 is 19.5 Å². The predicted molar refractivity (Wildman–Crippen MR) is 86.2 cm³/mol. The molecule has 4 nitrogen and oxygen atoms in total. The van der Waals surface area contributed by atoms with Crippen molar-refractivity contribution in [3.63, 3.8) is 0 Å². The molecule has 0 aliphatic heterocycles. The first-order valence-corrected chi connectivity index (χ1v) is 7.87. The minimum absolute atomic E-state index is 0.437. The van der Waals surface area contributed by atoms with E-state index in [0.717, 1.165) is 43.2 Å². The number of rotatable bonds is 11. The van der Waals surface area contributed by atoms with Gasteiger partial charge in [0.1, 0.15) is 0 Å². The van der Waals surface area contributed by atoms with Crippen LogP contribution in [0, 0.1) is 0 Å². The van der Waals surface area contributed by atoms with Crippen LogP contribution in [-0.4, -0.2) is 32.5 Å². The van der Waals surface area contributed by atoms with Gasteiger partial charge in [-0.3, -0.25) is 0 Å². The first-order chi connectivity index (χ1) is 10.2. The van der Waals surface area contributed by atoms with Gasteiger partial charge in [-0.05, 0) is 19.9 Å². The van der Waals surface area contributed by atoms with Crippen LogP contribution in [0.2, 0.25) is 0 Å². The third-order valence-electron chi connectivity index (χ3n) is 2.94. The maximum Gasteiger partial charge on any atom is 0.165 e. The van der Waals surface area contributed by atoms with Gasteiger partial charge in [0.15, 0.2) is 11.5 Å². The lowest BCUT2D eigenvalue weighted by Gasteiger charge is -2.17. The maximum atomic E-state index is 5.95. The summed E-state index contributed by atoms with van der Waals surface area (Å²) in [6.45, 7) is 11.8. The molecule has 0 aliphatic rings. The summed E-state index contributed by atoms with van der Waals surface area (Å²) < 4.78 is 17.0. The van der Waals surface area contributed by atoms with E-state index in [0.29, 0.717) is 19.3 Å². The molecule has 120 valence electrons. The van der Waals surface area contributed by atoms with Crippen molar-refractivity contribution in [3.05, 3.63) is 23.8 Å². The van der Waals surface area contributed by atoms with E-state index in [1.165, 1.54) is 0 Å². The van der Waals surface area contributed by atoms with Crippen molar-refractivity contribution in [1.82, 2.24) is 5.32 Å². The lowest BCUT2D eigenvalue weighted by atomic mass is 10.1. The highest BCUT2D eigenvalue weighted by molar-refractivity contribution is 5.46. The molecule has 0 unspecified atom stereocenters. The van der Waals surface area contributed by atoms with Crippen molar-refractivity contribution in [1.29, 1.82) is 0 Å². The summed E-state index contributed by atoms with van der Waals surface area (Å²) in [5.74, 6) is 1.67. The fourth-order valence-electron chi connectivity index (χ4n) is 1.93. The van der Waals surface area contributed by atoms with Gasteiger partial charge in [-0.15, -0.1) is 0 Å². The van der Waals surface area contributed by atoms with Crippen molar-refractivity contribution in [2.45, 2.75) is 46.7 Å². The second kappa shape index (κ2) is 10.5. The monoisotopic (exact) mass is 295 g/mol. The number of nitrogens with one attached hydrogen (secondary N) is 1. The average molecular weight is 295 g/mol. The number of para-hydroxylation sites is 1. The van der Waals surface area contributed by atoms with Crippen LogP contribution >= 0.6 is 0 Å². The highest BCUT2D eigenvalue weighted by atomic mass is 16.5. The van der Waals surface area contributed by atoms with E-state index < -0.39 is 0 Å². The molecular formula is C17H29NO3. The van der Waals surface area contributed by atoms with E-state index in [4.69, 9.17) is 14.2 Å². The Morgan fingerprint density at radius 2 is 1.86 bits per heavy atom. The van der Waals surface area contributed by atoms with Gasteiger partial charge in [0.2, 0.25) is 0 Å². The van der Waals surface area contributed by atoms with Crippen LogP contribution in [0.3, 0.4) is 0 Å². The average Bonchev–Trinajstić information content (AvgIpc) is 2.46. The molecule has 1 N–H and O–H groups in total. The minimum atomic E-state index is 0.437. The number of hydrogen-bond donors (Lipinski definition) is 1. The van der Waals surface area contributed by atoms with E-state index in [2.05, 4.69) is 25.2 Å². The molecule has 1 aromatic rings. The van der Waals surface area contributed by atoms with Crippen molar-refractivity contribution >= 4 is 0 Å². The van der Waals surface area contributed by atoms with Crippen LogP contribution < -0.4 is 14.8 Å². The summed E-state index contributed by atoms with van der Waals surface area (Å²) >= 11 is 0. The van der Waals surface area contributed by atoms with Crippen molar-refractivity contribution in [2.24, 2.45) is 0 Å². The molecule has 0 amide bonds. The number of benzene rings is 1. The molecule has 0 atom stereocenters. The summed E-state index contributed by atoms with van der Waals surface area (Å²) in [6, 6.07) is 6.48. The van der Waals surface area contributed by atoms with Crippen LogP contribution in [0.15, 0.2) is 18.2 Å². The lowest BCUT2D eigenvalue weighted by Crippen LogP contribution is -2.22. The van der Waals surface area contributed by atoms with Crippen LogP contribution in [0.4, 0.5) is 0 Å². The fourth-order valence-corrected chi connectivity index (χ4v) is 1.93. The van der Waals surface area contributed by atoms with Gasteiger partial charge in [0, 0.05) is 37.8 Å². The molecule has 0 aromatic heterocycles. The summed E-state index contributed by atoms with van der Waals surface area (Å²) in [5.41, 5.74) is 1.13. The molecular weight excluding hydrogens is 266 g/mol. The molecule has 1 aromatic carbocycles. The van der Waals surface area contributed by atoms with Gasteiger partial charge in [-0.25, -0.2) is 0 Å². The Hall–Kier alpha value is -1.26. The summed E-state index contributed by atoms with van der Waals surface area (Å²) in [6.07, 6.45) is 0.880. The standard InChI is InChI=1S/C17H29NO3/c1-5-19-11-8-12-21-17-15(13-18-14(3)4)9-7-10-16(17)20-6-2/h7,9-10,14,18H,5-6,8,11-13H2,1-4H3. The smallest absolute Gasteiger partial charge is 0.165 e. The Morgan fingerprint density at radius 3 is 2.52 bits per heavy atom. The molecule has 0 saturated carbocycles. The zero-order chi connectivity index (χ0) is 15.5. The van der Waals surface area contributed by atoms with Crippen LogP contribution in [0.1, 0.15) is 39.7 Å². The second-order valence-electron chi connectivity index (χ2n) is 5.11. The van der Waals surface area contributed by atoms with Crippen LogP contribution in [0.5, 0.6) is 11.5 Å². The highest BCUT2D eigenvalue weighted by Crippen LogP contribution is 2.31. The SMILES string of the molecule is CCOCCCOc1c(CNC(C)C)cccc1OCC. The Bertz CT molecular complexity index is 394. The normalized spacial score (nSPS) is 10.9. The highest BCUT2D eigenvalue weighted by Gasteiger charge is 2.11. The molecule has 0 bridgehead atoms. The molecule has 0 saturated heterocycles. The Kier molecular flexibility index (Phi) is 8.87. The van der Waals surface area contributed by atoms with E-state index in [1.54, 1.807) is 0 Å². The first-order valence-electron chi connectivity index (χ1n) is 7.87. The molecule has 0 spiro atoms. The maximum absolute atomic E-state index is 5.95. The lowest BCUT2D eigenvalue weighted by molar-refractivity contribution is 0.129. The molecule has 21 heavy (non-hydrogen) atoms. The number of hydrogen-bond acceptors (Lipinski definition) is 4. The van der Waals surface area contributed by atoms with E-state index in [-0.39, 0.29) is 0 Å². The topological polar surface area (TPSA) is 39.7 Å². The molecule has 0 fully saturated rings.